The predicted molar refractivity (Wildman–Crippen MR) is 68.3 cm³/mol. The molecular formula is C13H17N3O2. The van der Waals surface area contributed by atoms with Gasteiger partial charge in [-0.05, 0) is 19.9 Å². The molecule has 0 aliphatic heterocycles. The van der Waals surface area contributed by atoms with Crippen molar-refractivity contribution < 1.29 is 10.2 Å². The van der Waals surface area contributed by atoms with Gasteiger partial charge in [-0.1, -0.05) is 6.07 Å². The molecule has 0 spiro atoms. The number of H-pyrrole nitrogens is 1. The molecule has 4 N–H and O–H groups in total. The SMILES string of the molecule is CC(NC(C)c1ccc(O)cc1O)c1cn[nH]c1. The number of phenolic OH excluding ortho intramolecular Hbond substituents is 2. The van der Waals surface area contributed by atoms with Gasteiger partial charge in [-0.3, -0.25) is 5.10 Å². The van der Waals surface area contributed by atoms with Crippen molar-refractivity contribution in [2.45, 2.75) is 25.9 Å². The molecule has 2 unspecified atom stereocenters. The van der Waals surface area contributed by atoms with Gasteiger partial charge in [0.2, 0.25) is 0 Å². The third-order valence-corrected chi connectivity index (χ3v) is 3.00. The Labute approximate surface area is 105 Å². The maximum atomic E-state index is 9.79. The van der Waals surface area contributed by atoms with Crippen LogP contribution in [0.15, 0.2) is 30.6 Å². The summed E-state index contributed by atoms with van der Waals surface area (Å²) in [6.45, 7) is 3.99. The van der Waals surface area contributed by atoms with E-state index in [1.54, 1.807) is 18.3 Å². The quantitative estimate of drug-likeness (QED) is 0.668. The Hall–Kier alpha value is -2.01. The highest BCUT2D eigenvalue weighted by Gasteiger charge is 2.14. The molecule has 18 heavy (non-hydrogen) atoms. The molecule has 1 aromatic carbocycles. The molecule has 0 amide bonds. The van der Waals surface area contributed by atoms with E-state index in [1.807, 2.05) is 20.0 Å². The number of phenols is 2. The van der Waals surface area contributed by atoms with Gasteiger partial charge in [0.05, 0.1) is 6.20 Å². The zero-order valence-corrected chi connectivity index (χ0v) is 10.4. The number of aromatic nitrogens is 2. The van der Waals surface area contributed by atoms with Crippen LogP contribution >= 0.6 is 0 Å². The largest absolute Gasteiger partial charge is 0.508 e. The first-order chi connectivity index (χ1) is 8.58. The van der Waals surface area contributed by atoms with Crippen LogP contribution in [0.1, 0.15) is 37.1 Å². The van der Waals surface area contributed by atoms with Crippen molar-refractivity contribution in [1.29, 1.82) is 0 Å². The van der Waals surface area contributed by atoms with Crippen molar-refractivity contribution in [2.75, 3.05) is 0 Å². The molecule has 2 rings (SSSR count). The number of nitrogens with zero attached hydrogens (tertiary/aromatic N) is 1. The highest BCUT2D eigenvalue weighted by Crippen LogP contribution is 2.29. The summed E-state index contributed by atoms with van der Waals surface area (Å²) >= 11 is 0. The van der Waals surface area contributed by atoms with E-state index in [9.17, 15) is 10.2 Å². The molecule has 0 bridgehead atoms. The van der Waals surface area contributed by atoms with Crippen molar-refractivity contribution in [3.05, 3.63) is 41.7 Å². The van der Waals surface area contributed by atoms with Crippen LogP contribution in [0.5, 0.6) is 11.5 Å². The fourth-order valence-corrected chi connectivity index (χ4v) is 1.96. The Kier molecular flexibility index (Phi) is 3.53. The van der Waals surface area contributed by atoms with Crippen LogP contribution < -0.4 is 5.32 Å². The fraction of sp³-hybridized carbons (Fsp3) is 0.308. The van der Waals surface area contributed by atoms with Crippen LogP contribution in [-0.4, -0.2) is 20.4 Å². The van der Waals surface area contributed by atoms with Crippen LogP contribution in [0.4, 0.5) is 0 Å². The zero-order chi connectivity index (χ0) is 13.1. The summed E-state index contributed by atoms with van der Waals surface area (Å²) < 4.78 is 0. The summed E-state index contributed by atoms with van der Waals surface area (Å²) in [5.41, 5.74) is 1.81. The molecule has 5 heteroatoms. The number of aromatic hydroxyl groups is 2. The molecule has 0 saturated heterocycles. The molecule has 0 saturated carbocycles. The molecule has 0 radical (unpaired) electrons. The van der Waals surface area contributed by atoms with Crippen molar-refractivity contribution >= 4 is 0 Å². The third-order valence-electron chi connectivity index (χ3n) is 3.00. The van der Waals surface area contributed by atoms with E-state index >= 15 is 0 Å². The van der Waals surface area contributed by atoms with E-state index in [-0.39, 0.29) is 23.6 Å². The lowest BCUT2D eigenvalue weighted by atomic mass is 10.0. The summed E-state index contributed by atoms with van der Waals surface area (Å²) in [5, 5.41) is 29.1. The number of benzene rings is 1. The van der Waals surface area contributed by atoms with Crippen LogP contribution in [0.3, 0.4) is 0 Å². The molecule has 1 aromatic heterocycles. The van der Waals surface area contributed by atoms with Gasteiger partial charge in [0.1, 0.15) is 11.5 Å². The molecule has 0 fully saturated rings. The standard InChI is InChI=1S/C13H17N3O2/c1-8(10-6-14-15-7-10)16-9(2)12-4-3-11(17)5-13(12)18/h3-9,16-18H,1-2H3,(H,14,15). The van der Waals surface area contributed by atoms with E-state index in [0.717, 1.165) is 11.1 Å². The monoisotopic (exact) mass is 247 g/mol. The number of nitrogens with one attached hydrogen (secondary N) is 2. The Morgan fingerprint density at radius 3 is 2.61 bits per heavy atom. The van der Waals surface area contributed by atoms with Crippen LogP contribution in [0.25, 0.3) is 0 Å². The molecule has 0 aliphatic rings. The maximum Gasteiger partial charge on any atom is 0.124 e. The fourth-order valence-electron chi connectivity index (χ4n) is 1.96. The third kappa shape index (κ3) is 2.62. The molecule has 5 nitrogen and oxygen atoms in total. The number of rotatable bonds is 4. The minimum absolute atomic E-state index is 0.0319. The second-order valence-corrected chi connectivity index (χ2v) is 4.38. The van der Waals surface area contributed by atoms with Crippen molar-refractivity contribution in [3.63, 3.8) is 0 Å². The zero-order valence-electron chi connectivity index (χ0n) is 10.4. The molecule has 2 aromatic rings. The molecule has 2 atom stereocenters. The lowest BCUT2D eigenvalue weighted by molar-refractivity contribution is 0.427. The number of hydrogen-bond acceptors (Lipinski definition) is 4. The second kappa shape index (κ2) is 5.10. The summed E-state index contributed by atoms with van der Waals surface area (Å²) in [5.74, 6) is 0.153. The van der Waals surface area contributed by atoms with E-state index < -0.39 is 0 Å². The average Bonchev–Trinajstić information content (AvgIpc) is 2.81. The van der Waals surface area contributed by atoms with Gasteiger partial charge in [0.25, 0.3) is 0 Å². The van der Waals surface area contributed by atoms with Crippen LogP contribution in [0, 0.1) is 0 Å². The van der Waals surface area contributed by atoms with Crippen molar-refractivity contribution in [3.8, 4) is 11.5 Å². The van der Waals surface area contributed by atoms with Gasteiger partial charge in [-0.15, -0.1) is 0 Å². The van der Waals surface area contributed by atoms with E-state index in [2.05, 4.69) is 15.5 Å². The molecular weight excluding hydrogens is 230 g/mol. The predicted octanol–water partition coefficient (Wildman–Crippen LogP) is 2.23. The van der Waals surface area contributed by atoms with Gasteiger partial charge in [-0.25, -0.2) is 0 Å². The molecule has 0 aliphatic carbocycles. The minimum Gasteiger partial charge on any atom is -0.508 e. The van der Waals surface area contributed by atoms with E-state index in [0.29, 0.717) is 0 Å². The normalized spacial score (nSPS) is 14.3. The van der Waals surface area contributed by atoms with Gasteiger partial charge < -0.3 is 15.5 Å². The summed E-state index contributed by atoms with van der Waals surface area (Å²) in [4.78, 5) is 0. The highest BCUT2D eigenvalue weighted by atomic mass is 16.3. The molecule has 1 heterocycles. The summed E-state index contributed by atoms with van der Waals surface area (Å²) in [7, 11) is 0. The summed E-state index contributed by atoms with van der Waals surface area (Å²) in [6, 6.07) is 4.71. The van der Waals surface area contributed by atoms with Crippen molar-refractivity contribution in [2.24, 2.45) is 0 Å². The van der Waals surface area contributed by atoms with E-state index in [4.69, 9.17) is 0 Å². The average molecular weight is 247 g/mol. The van der Waals surface area contributed by atoms with Crippen molar-refractivity contribution in [1.82, 2.24) is 15.5 Å². The number of aromatic amines is 1. The van der Waals surface area contributed by atoms with E-state index in [1.165, 1.54) is 6.07 Å². The van der Waals surface area contributed by atoms with Crippen LogP contribution in [0.2, 0.25) is 0 Å². The highest BCUT2D eigenvalue weighted by molar-refractivity contribution is 5.40. The van der Waals surface area contributed by atoms with Crippen LogP contribution in [-0.2, 0) is 0 Å². The van der Waals surface area contributed by atoms with Gasteiger partial charge >= 0.3 is 0 Å². The lowest BCUT2D eigenvalue weighted by Crippen LogP contribution is -2.22. The Bertz CT molecular complexity index is 511. The molecule has 96 valence electrons. The second-order valence-electron chi connectivity index (χ2n) is 4.38. The Morgan fingerprint density at radius 1 is 1.22 bits per heavy atom. The first-order valence-corrected chi connectivity index (χ1v) is 5.84. The minimum atomic E-state index is -0.0319. The smallest absolute Gasteiger partial charge is 0.124 e. The maximum absolute atomic E-state index is 9.79. The summed E-state index contributed by atoms with van der Waals surface area (Å²) in [6.07, 6.45) is 3.60. The Morgan fingerprint density at radius 2 is 2.00 bits per heavy atom. The topological polar surface area (TPSA) is 81.2 Å². The van der Waals surface area contributed by atoms with Gasteiger partial charge in [0.15, 0.2) is 0 Å². The number of hydrogen-bond donors (Lipinski definition) is 4. The van der Waals surface area contributed by atoms with Gasteiger partial charge in [-0.2, -0.15) is 5.10 Å². The lowest BCUT2D eigenvalue weighted by Gasteiger charge is -2.20. The first-order valence-electron chi connectivity index (χ1n) is 5.84. The first kappa shape index (κ1) is 12.4. The Balaban J connectivity index is 2.10. The van der Waals surface area contributed by atoms with Gasteiger partial charge in [0, 0.05) is 35.5 Å².